The third-order valence-electron chi connectivity index (χ3n) is 5.31. The molecule has 1 aromatic heterocycles. The lowest BCUT2D eigenvalue weighted by Gasteiger charge is -2.31. The van der Waals surface area contributed by atoms with Crippen LogP contribution >= 0.6 is 0 Å². The Morgan fingerprint density at radius 3 is 2.35 bits per heavy atom. The Kier molecular flexibility index (Phi) is 4.82. The van der Waals surface area contributed by atoms with Gasteiger partial charge >= 0.3 is 0 Å². The summed E-state index contributed by atoms with van der Waals surface area (Å²) in [5, 5.41) is 0. The second-order valence-corrected chi connectivity index (χ2v) is 6.91. The molecule has 0 amide bonds. The maximum atomic E-state index is 5.46. The zero-order valence-corrected chi connectivity index (χ0v) is 15.6. The zero-order valence-electron chi connectivity index (χ0n) is 15.6. The molecule has 2 aliphatic heterocycles. The highest BCUT2D eigenvalue weighted by Gasteiger charge is 2.22. The molecule has 1 aromatic carbocycles. The fraction of sp³-hybridized carbons (Fsp3) is 0.500. The summed E-state index contributed by atoms with van der Waals surface area (Å²) in [6, 6.07) is 6.20. The van der Waals surface area contributed by atoms with Crippen molar-refractivity contribution in [2.24, 2.45) is 0 Å². The molecule has 0 aliphatic carbocycles. The standard InChI is InChI=1S/C20H26N4O2/c1-25-17-12-15-7-11-24(14-16(15)13-18(17)26-2)20-21-8-6-19(22-20)23-9-4-3-5-10-23/h6,8,12-13H,3-5,7,9-11,14H2,1-2H3. The van der Waals surface area contributed by atoms with Crippen molar-refractivity contribution >= 4 is 11.8 Å². The quantitative estimate of drug-likeness (QED) is 0.841. The van der Waals surface area contributed by atoms with Crippen molar-refractivity contribution in [3.8, 4) is 11.5 Å². The van der Waals surface area contributed by atoms with Crippen LogP contribution in [0.2, 0.25) is 0 Å². The van der Waals surface area contributed by atoms with Crippen LogP contribution in [0.3, 0.4) is 0 Å². The van der Waals surface area contributed by atoms with Crippen LogP contribution in [0.4, 0.5) is 11.8 Å². The molecule has 0 unspecified atom stereocenters. The summed E-state index contributed by atoms with van der Waals surface area (Å²) in [6.45, 7) is 3.89. The molecule has 0 atom stereocenters. The van der Waals surface area contributed by atoms with Crippen LogP contribution in [0, 0.1) is 0 Å². The van der Waals surface area contributed by atoms with Crippen LogP contribution in [0.5, 0.6) is 11.5 Å². The SMILES string of the molecule is COc1cc2c(cc1OC)CN(c1nccc(N3CCCCC3)n1)CC2. The highest BCUT2D eigenvalue weighted by atomic mass is 16.5. The van der Waals surface area contributed by atoms with Crippen LogP contribution < -0.4 is 19.3 Å². The lowest BCUT2D eigenvalue weighted by atomic mass is 9.99. The molecule has 0 bridgehead atoms. The topological polar surface area (TPSA) is 50.7 Å². The highest BCUT2D eigenvalue weighted by Crippen LogP contribution is 2.34. The number of methoxy groups -OCH3 is 2. The molecule has 2 aliphatic rings. The van der Waals surface area contributed by atoms with Crippen molar-refractivity contribution < 1.29 is 9.47 Å². The molecular formula is C20H26N4O2. The van der Waals surface area contributed by atoms with Gasteiger partial charge in [-0.3, -0.25) is 0 Å². The van der Waals surface area contributed by atoms with E-state index in [0.717, 1.165) is 55.9 Å². The number of benzene rings is 1. The van der Waals surface area contributed by atoms with Gasteiger partial charge in [0.25, 0.3) is 0 Å². The van der Waals surface area contributed by atoms with Crippen molar-refractivity contribution in [2.45, 2.75) is 32.2 Å². The summed E-state index contributed by atoms with van der Waals surface area (Å²) >= 11 is 0. The van der Waals surface area contributed by atoms with Gasteiger partial charge in [-0.1, -0.05) is 0 Å². The van der Waals surface area contributed by atoms with E-state index in [0.29, 0.717) is 0 Å². The molecule has 0 spiro atoms. The lowest BCUT2D eigenvalue weighted by molar-refractivity contribution is 0.353. The Labute approximate surface area is 154 Å². The van der Waals surface area contributed by atoms with E-state index in [9.17, 15) is 0 Å². The molecule has 1 saturated heterocycles. The Morgan fingerprint density at radius 1 is 0.885 bits per heavy atom. The summed E-state index contributed by atoms with van der Waals surface area (Å²) in [5.41, 5.74) is 2.56. The first-order valence-corrected chi connectivity index (χ1v) is 9.35. The number of piperidine rings is 1. The van der Waals surface area contributed by atoms with E-state index in [1.54, 1.807) is 14.2 Å². The van der Waals surface area contributed by atoms with E-state index in [-0.39, 0.29) is 0 Å². The minimum absolute atomic E-state index is 0.774. The first-order chi connectivity index (χ1) is 12.8. The third-order valence-corrected chi connectivity index (χ3v) is 5.31. The number of anilines is 2. The lowest BCUT2D eigenvalue weighted by Crippen LogP contribution is -2.33. The van der Waals surface area contributed by atoms with Gasteiger partial charge in [0.2, 0.25) is 5.95 Å². The van der Waals surface area contributed by atoms with E-state index >= 15 is 0 Å². The Hall–Kier alpha value is -2.50. The number of hydrogen-bond acceptors (Lipinski definition) is 6. The largest absolute Gasteiger partial charge is 0.493 e. The molecule has 26 heavy (non-hydrogen) atoms. The molecule has 3 heterocycles. The van der Waals surface area contributed by atoms with Crippen LogP contribution in [0.1, 0.15) is 30.4 Å². The summed E-state index contributed by atoms with van der Waals surface area (Å²) in [5.74, 6) is 3.43. The van der Waals surface area contributed by atoms with Crippen molar-refractivity contribution in [1.82, 2.24) is 9.97 Å². The summed E-state index contributed by atoms with van der Waals surface area (Å²) in [4.78, 5) is 14.0. The fourth-order valence-corrected chi connectivity index (χ4v) is 3.84. The number of rotatable bonds is 4. The minimum atomic E-state index is 0.774. The van der Waals surface area contributed by atoms with E-state index in [4.69, 9.17) is 14.5 Å². The van der Waals surface area contributed by atoms with Crippen molar-refractivity contribution in [2.75, 3.05) is 43.7 Å². The smallest absolute Gasteiger partial charge is 0.227 e. The van der Waals surface area contributed by atoms with E-state index < -0.39 is 0 Å². The second kappa shape index (κ2) is 7.40. The third kappa shape index (κ3) is 3.28. The van der Waals surface area contributed by atoms with Gasteiger partial charge in [0.1, 0.15) is 5.82 Å². The molecule has 0 saturated carbocycles. The average Bonchev–Trinajstić information content (AvgIpc) is 2.73. The summed E-state index contributed by atoms with van der Waals surface area (Å²) in [7, 11) is 3.36. The highest BCUT2D eigenvalue weighted by molar-refractivity contribution is 5.51. The fourth-order valence-electron chi connectivity index (χ4n) is 3.84. The molecule has 2 aromatic rings. The van der Waals surface area contributed by atoms with Gasteiger partial charge in [0.15, 0.2) is 11.5 Å². The van der Waals surface area contributed by atoms with Gasteiger partial charge < -0.3 is 19.3 Å². The number of nitrogens with zero attached hydrogens (tertiary/aromatic N) is 4. The predicted molar refractivity (Wildman–Crippen MR) is 102 cm³/mol. The molecule has 4 rings (SSSR count). The first kappa shape index (κ1) is 16.9. The van der Waals surface area contributed by atoms with Gasteiger partial charge in [-0.2, -0.15) is 4.98 Å². The first-order valence-electron chi connectivity index (χ1n) is 9.35. The molecule has 1 fully saturated rings. The van der Waals surface area contributed by atoms with E-state index in [1.807, 2.05) is 12.3 Å². The minimum Gasteiger partial charge on any atom is -0.493 e. The summed E-state index contributed by atoms with van der Waals surface area (Å²) in [6.07, 6.45) is 6.65. The summed E-state index contributed by atoms with van der Waals surface area (Å²) < 4.78 is 10.9. The van der Waals surface area contributed by atoms with Gasteiger partial charge in [-0.25, -0.2) is 4.98 Å². The Morgan fingerprint density at radius 2 is 1.62 bits per heavy atom. The van der Waals surface area contributed by atoms with Gasteiger partial charge in [0.05, 0.1) is 14.2 Å². The predicted octanol–water partition coefficient (Wildman–Crippen LogP) is 3.05. The van der Waals surface area contributed by atoms with Crippen LogP contribution in [-0.4, -0.2) is 43.8 Å². The number of ether oxygens (including phenoxy) is 2. The Bertz CT molecular complexity index is 774. The number of hydrogen-bond donors (Lipinski definition) is 0. The molecular weight excluding hydrogens is 328 g/mol. The maximum absolute atomic E-state index is 5.46. The second-order valence-electron chi connectivity index (χ2n) is 6.91. The van der Waals surface area contributed by atoms with Gasteiger partial charge in [0, 0.05) is 32.4 Å². The van der Waals surface area contributed by atoms with Crippen LogP contribution in [-0.2, 0) is 13.0 Å². The number of fused-ring (bicyclic) bond motifs is 1. The van der Waals surface area contributed by atoms with E-state index in [1.165, 1.54) is 30.4 Å². The molecule has 6 nitrogen and oxygen atoms in total. The van der Waals surface area contributed by atoms with E-state index in [2.05, 4.69) is 26.9 Å². The van der Waals surface area contributed by atoms with Gasteiger partial charge in [-0.15, -0.1) is 0 Å². The van der Waals surface area contributed by atoms with Crippen molar-refractivity contribution in [3.63, 3.8) is 0 Å². The van der Waals surface area contributed by atoms with Gasteiger partial charge in [-0.05, 0) is 55.0 Å². The van der Waals surface area contributed by atoms with Crippen molar-refractivity contribution in [1.29, 1.82) is 0 Å². The molecule has 0 radical (unpaired) electrons. The average molecular weight is 354 g/mol. The zero-order chi connectivity index (χ0) is 17.9. The molecule has 0 N–H and O–H groups in total. The molecule has 6 heteroatoms. The maximum Gasteiger partial charge on any atom is 0.227 e. The molecule has 138 valence electrons. The Balaban J connectivity index is 1.57. The monoisotopic (exact) mass is 354 g/mol. The van der Waals surface area contributed by atoms with Crippen LogP contribution in [0.25, 0.3) is 0 Å². The normalized spacial score (nSPS) is 17.0. The van der Waals surface area contributed by atoms with Crippen LogP contribution in [0.15, 0.2) is 24.4 Å². The number of aromatic nitrogens is 2. The van der Waals surface area contributed by atoms with Crippen molar-refractivity contribution in [3.05, 3.63) is 35.5 Å².